The molecule has 0 saturated carbocycles. The summed E-state index contributed by atoms with van der Waals surface area (Å²) in [7, 11) is -8.59. The van der Waals surface area contributed by atoms with Gasteiger partial charge in [-0.25, -0.2) is 9.13 Å². The Morgan fingerprint density at radius 3 is 1.77 bits per heavy atom. The molecule has 1 heterocycles. The van der Waals surface area contributed by atoms with Crippen LogP contribution in [0.3, 0.4) is 0 Å². The van der Waals surface area contributed by atoms with E-state index in [1.165, 1.54) is 44.9 Å². The Bertz CT molecular complexity index is 1310. The van der Waals surface area contributed by atoms with Gasteiger partial charge in [-0.3, -0.25) is 18.5 Å². The van der Waals surface area contributed by atoms with Crippen molar-refractivity contribution in [1.82, 2.24) is 0 Å². The van der Waals surface area contributed by atoms with Crippen molar-refractivity contribution in [3.8, 4) is 11.5 Å². The van der Waals surface area contributed by atoms with E-state index in [9.17, 15) is 18.9 Å². The van der Waals surface area contributed by atoms with E-state index in [4.69, 9.17) is 32.3 Å². The van der Waals surface area contributed by atoms with E-state index in [1.54, 1.807) is 20.8 Å². The summed E-state index contributed by atoms with van der Waals surface area (Å²) >= 11 is 0. The first-order valence-corrected chi connectivity index (χ1v) is 22.4. The molecular formula is C39H72O11P2. The van der Waals surface area contributed by atoms with Gasteiger partial charge in [-0.05, 0) is 109 Å². The highest BCUT2D eigenvalue weighted by Gasteiger charge is 2.36. The fourth-order valence-corrected chi connectivity index (χ4v) is 8.57. The third-order valence-electron chi connectivity index (χ3n) is 9.77. The molecule has 3 unspecified atom stereocenters. The van der Waals surface area contributed by atoms with Gasteiger partial charge in [0.2, 0.25) is 0 Å². The molecule has 304 valence electrons. The van der Waals surface area contributed by atoms with Crippen molar-refractivity contribution in [2.24, 2.45) is 17.8 Å². The first kappa shape index (κ1) is 47.2. The predicted octanol–water partition coefficient (Wildman–Crippen LogP) is 10.6. The lowest BCUT2D eigenvalue weighted by Gasteiger charge is -2.38. The second kappa shape index (κ2) is 21.9. The van der Waals surface area contributed by atoms with Gasteiger partial charge in [0.25, 0.3) is 0 Å². The second-order valence-corrected chi connectivity index (χ2v) is 19.3. The van der Waals surface area contributed by atoms with Crippen molar-refractivity contribution in [3.05, 3.63) is 22.3 Å². The van der Waals surface area contributed by atoms with Crippen molar-refractivity contribution in [2.75, 3.05) is 39.6 Å². The first-order chi connectivity index (χ1) is 24.1. The van der Waals surface area contributed by atoms with Gasteiger partial charge in [0, 0.05) is 5.56 Å². The van der Waals surface area contributed by atoms with E-state index in [1.807, 2.05) is 20.8 Å². The number of benzene rings is 1. The van der Waals surface area contributed by atoms with Gasteiger partial charge in [-0.1, -0.05) is 72.6 Å². The van der Waals surface area contributed by atoms with E-state index < -0.39 is 21.2 Å². The zero-order valence-electron chi connectivity index (χ0n) is 34.2. The van der Waals surface area contributed by atoms with Crippen molar-refractivity contribution < 1.29 is 51.2 Å². The van der Waals surface area contributed by atoms with Crippen molar-refractivity contribution in [2.45, 2.75) is 158 Å². The van der Waals surface area contributed by atoms with E-state index in [2.05, 4.69) is 34.6 Å². The molecule has 0 saturated heterocycles. The lowest BCUT2D eigenvalue weighted by Crippen LogP contribution is -2.37. The Morgan fingerprint density at radius 1 is 0.731 bits per heavy atom. The normalized spacial score (nSPS) is 19.8. The maximum atomic E-state index is 12.9. The fraction of sp³-hybridized carbons (Fsp3) is 0.846. The molecule has 13 heteroatoms. The molecule has 0 radical (unpaired) electrons. The molecule has 0 aromatic heterocycles. The van der Waals surface area contributed by atoms with Crippen LogP contribution in [0, 0.1) is 38.5 Å². The third-order valence-corrected chi connectivity index (χ3v) is 12.0. The summed E-state index contributed by atoms with van der Waals surface area (Å²) < 4.78 is 62.9. The van der Waals surface area contributed by atoms with Gasteiger partial charge in [0.05, 0.1) is 45.2 Å². The first-order valence-electron chi connectivity index (χ1n) is 19.5. The summed E-state index contributed by atoms with van der Waals surface area (Å²) in [4.78, 5) is 20.2. The van der Waals surface area contributed by atoms with Gasteiger partial charge in [-0.15, -0.1) is 0 Å². The number of hydrogen-bond donors (Lipinski definition) is 2. The summed E-state index contributed by atoms with van der Waals surface area (Å²) in [6.45, 7) is 22.6. The average Bonchev–Trinajstić information content (AvgIpc) is 3.01. The van der Waals surface area contributed by atoms with Crippen LogP contribution in [0.1, 0.15) is 142 Å². The highest BCUT2D eigenvalue weighted by molar-refractivity contribution is 7.48. The van der Waals surface area contributed by atoms with Gasteiger partial charge < -0.3 is 23.6 Å². The molecule has 5 atom stereocenters. The Hall–Kier alpha value is -1.00. The van der Waals surface area contributed by atoms with Crippen LogP contribution in [0.4, 0.5) is 0 Å². The largest absolute Gasteiger partial charge is 0.527 e. The number of phosphoric ester groups is 2. The van der Waals surface area contributed by atoms with Crippen LogP contribution in [0.2, 0.25) is 0 Å². The molecule has 0 aliphatic carbocycles. The Labute approximate surface area is 315 Å². The molecular weight excluding hydrogens is 706 g/mol. The number of ether oxygens (including phenoxy) is 3. The standard InChI is InChI=1S/C39H72O11P2/c1-29(2)15-12-16-30(3)17-13-18-31(4)19-14-21-39(11)22-20-35-34(7)36(32(5)33(6)37(35)48-39)49-51(40,41)46-27-25-44-23-24-45-26-28-47-52(42,43)50-38(8,9)10/h29-31H,12-28H2,1-11H3,(H,40,41)(H,42,43)/t30-,31-,39?/m1/s1. The van der Waals surface area contributed by atoms with Crippen LogP contribution in [-0.2, 0) is 38.6 Å². The van der Waals surface area contributed by atoms with Crippen LogP contribution >= 0.6 is 15.6 Å². The summed E-state index contributed by atoms with van der Waals surface area (Å²) in [6, 6.07) is 0. The Balaban J connectivity index is 1.76. The van der Waals surface area contributed by atoms with Gasteiger partial charge in [-0.2, -0.15) is 0 Å². The Kier molecular flexibility index (Phi) is 19.9. The molecule has 52 heavy (non-hydrogen) atoms. The van der Waals surface area contributed by atoms with E-state index in [0.29, 0.717) is 11.7 Å². The van der Waals surface area contributed by atoms with Crippen LogP contribution in [0.15, 0.2) is 0 Å². The van der Waals surface area contributed by atoms with Crippen molar-refractivity contribution >= 4 is 15.6 Å². The topological polar surface area (TPSA) is 139 Å². The fourth-order valence-electron chi connectivity index (χ4n) is 6.66. The summed E-state index contributed by atoms with van der Waals surface area (Å²) in [5.41, 5.74) is 2.42. The maximum absolute atomic E-state index is 12.9. The van der Waals surface area contributed by atoms with Crippen LogP contribution in [0.25, 0.3) is 0 Å². The molecule has 0 fully saturated rings. The number of hydrogen-bond acceptors (Lipinski definition) is 9. The quantitative estimate of drug-likeness (QED) is 0.0686. The van der Waals surface area contributed by atoms with Crippen LogP contribution in [-0.4, -0.2) is 60.6 Å². The molecule has 1 aliphatic heterocycles. The zero-order valence-corrected chi connectivity index (χ0v) is 36.0. The monoisotopic (exact) mass is 778 g/mol. The van der Waals surface area contributed by atoms with Crippen LogP contribution < -0.4 is 9.26 Å². The molecule has 2 rings (SSSR count). The minimum absolute atomic E-state index is 0.0448. The minimum atomic E-state index is -4.43. The molecule has 0 bridgehead atoms. The third kappa shape index (κ3) is 18.1. The van der Waals surface area contributed by atoms with Gasteiger partial charge >= 0.3 is 15.6 Å². The molecule has 2 N–H and O–H groups in total. The summed E-state index contributed by atoms with van der Waals surface area (Å²) in [5.74, 6) is 3.57. The van der Waals surface area contributed by atoms with Crippen molar-refractivity contribution in [1.29, 1.82) is 0 Å². The minimum Gasteiger partial charge on any atom is -0.487 e. The molecule has 1 aromatic carbocycles. The average molecular weight is 779 g/mol. The molecule has 0 spiro atoms. The van der Waals surface area contributed by atoms with E-state index in [-0.39, 0.29) is 45.2 Å². The van der Waals surface area contributed by atoms with Gasteiger partial charge in [0.15, 0.2) is 0 Å². The second-order valence-electron chi connectivity index (χ2n) is 16.5. The molecule has 1 aromatic rings. The molecule has 11 nitrogen and oxygen atoms in total. The van der Waals surface area contributed by atoms with Gasteiger partial charge in [0.1, 0.15) is 17.1 Å². The number of rotatable bonds is 26. The summed E-state index contributed by atoms with van der Waals surface area (Å²) in [6.07, 6.45) is 13.0. The van der Waals surface area contributed by atoms with E-state index >= 15 is 0 Å². The lowest BCUT2D eigenvalue weighted by atomic mass is 9.84. The highest BCUT2D eigenvalue weighted by Crippen LogP contribution is 2.51. The number of fused-ring (bicyclic) bond motifs is 1. The Morgan fingerprint density at radius 2 is 1.23 bits per heavy atom. The summed E-state index contributed by atoms with van der Waals surface area (Å²) in [5, 5.41) is 0. The predicted molar refractivity (Wildman–Crippen MR) is 207 cm³/mol. The highest BCUT2D eigenvalue weighted by atomic mass is 31.2. The zero-order chi connectivity index (χ0) is 39.2. The lowest BCUT2D eigenvalue weighted by molar-refractivity contribution is 0.0130. The molecule has 0 amide bonds. The number of phosphoric acid groups is 2. The SMILES string of the molecule is Cc1c(C)c2c(c(C)c1OP(=O)(O)OCCOCCOCCOP(=O)(O)OC(C)(C)C)CCC(C)(CCC[C@H](C)CCC[C@H](C)CCCC(C)C)O2. The maximum Gasteiger partial charge on any atom is 0.527 e. The molecule has 1 aliphatic rings. The van der Waals surface area contributed by atoms with Crippen LogP contribution in [0.5, 0.6) is 11.5 Å². The van der Waals surface area contributed by atoms with E-state index in [0.717, 1.165) is 65.5 Å². The van der Waals surface area contributed by atoms with Crippen molar-refractivity contribution in [3.63, 3.8) is 0 Å². The smallest absolute Gasteiger partial charge is 0.487 e.